The highest BCUT2D eigenvalue weighted by molar-refractivity contribution is 7.80. The van der Waals surface area contributed by atoms with Crippen molar-refractivity contribution in [2.45, 2.75) is 44.1 Å². The summed E-state index contributed by atoms with van der Waals surface area (Å²) in [6, 6.07) is 0. The Hall–Kier alpha value is -0.350. The van der Waals surface area contributed by atoms with Crippen LogP contribution in [0.3, 0.4) is 0 Å². The van der Waals surface area contributed by atoms with E-state index in [2.05, 4.69) is 19.4 Å². The molecular formula is C15H27N2OS+. The molecule has 0 aliphatic heterocycles. The average Bonchev–Trinajstić information content (AvgIpc) is 2.25. The van der Waals surface area contributed by atoms with Gasteiger partial charge >= 0.3 is 0 Å². The van der Waals surface area contributed by atoms with Gasteiger partial charge in [-0.3, -0.25) is 0 Å². The van der Waals surface area contributed by atoms with Crippen LogP contribution < -0.4 is 10.2 Å². The first-order valence-corrected chi connectivity index (χ1v) is 8.19. The van der Waals surface area contributed by atoms with Gasteiger partial charge in [0.05, 0.1) is 14.1 Å². The molecule has 108 valence electrons. The summed E-state index contributed by atoms with van der Waals surface area (Å²) in [5, 5.41) is 4.24. The van der Waals surface area contributed by atoms with E-state index in [-0.39, 0.29) is 5.54 Å². The Morgan fingerprint density at radius 1 is 1.16 bits per heavy atom. The van der Waals surface area contributed by atoms with Gasteiger partial charge in [-0.25, -0.2) is 0 Å². The van der Waals surface area contributed by atoms with Crippen LogP contribution in [0.1, 0.15) is 38.5 Å². The summed E-state index contributed by atoms with van der Waals surface area (Å²) in [6.07, 6.45) is 8.37. The standard InChI is InChI=1S/C15H26N2OS/c1-17(2)3-4-18-14(19)16-15-8-11-5-12(9-15)7-13(6-11)10-15/h11-13H,3-10H2,1-2H3,(H,16,19)/p+1. The third kappa shape index (κ3) is 3.05. The van der Waals surface area contributed by atoms with Crippen LogP contribution in [0.4, 0.5) is 0 Å². The molecule has 3 nitrogen and oxygen atoms in total. The Balaban J connectivity index is 1.53. The van der Waals surface area contributed by atoms with Crippen molar-refractivity contribution < 1.29 is 9.64 Å². The predicted molar refractivity (Wildman–Crippen MR) is 80.3 cm³/mol. The molecule has 0 radical (unpaired) electrons. The number of hydrogen-bond donors (Lipinski definition) is 2. The molecule has 0 unspecified atom stereocenters. The molecule has 0 aromatic rings. The molecule has 0 amide bonds. The fraction of sp³-hybridized carbons (Fsp3) is 0.933. The van der Waals surface area contributed by atoms with Crippen molar-refractivity contribution in [3.63, 3.8) is 0 Å². The van der Waals surface area contributed by atoms with Gasteiger partial charge in [0.2, 0.25) is 0 Å². The Morgan fingerprint density at radius 3 is 2.16 bits per heavy atom. The van der Waals surface area contributed by atoms with Crippen LogP contribution in [0, 0.1) is 17.8 Å². The van der Waals surface area contributed by atoms with Gasteiger partial charge in [0, 0.05) is 5.54 Å². The summed E-state index contributed by atoms with van der Waals surface area (Å²) in [5.41, 5.74) is 0.288. The van der Waals surface area contributed by atoms with Crippen molar-refractivity contribution in [1.29, 1.82) is 0 Å². The molecule has 0 aromatic heterocycles. The van der Waals surface area contributed by atoms with Crippen LogP contribution in [0.15, 0.2) is 0 Å². The van der Waals surface area contributed by atoms with Gasteiger partial charge in [-0.2, -0.15) is 0 Å². The average molecular weight is 283 g/mol. The van der Waals surface area contributed by atoms with E-state index in [0.29, 0.717) is 5.17 Å². The highest BCUT2D eigenvalue weighted by Crippen LogP contribution is 2.55. The fourth-order valence-electron chi connectivity index (χ4n) is 4.86. The smallest absolute Gasteiger partial charge is 0.257 e. The van der Waals surface area contributed by atoms with Gasteiger partial charge in [0.15, 0.2) is 0 Å². The Bertz CT molecular complexity index is 321. The molecule has 4 fully saturated rings. The highest BCUT2D eigenvalue weighted by Gasteiger charge is 2.51. The van der Waals surface area contributed by atoms with E-state index in [4.69, 9.17) is 17.0 Å². The van der Waals surface area contributed by atoms with Crippen molar-refractivity contribution in [2.75, 3.05) is 27.2 Å². The summed E-state index contributed by atoms with van der Waals surface area (Å²) < 4.78 is 5.69. The molecule has 0 aromatic carbocycles. The molecule has 4 aliphatic rings. The normalized spacial score (nSPS) is 39.6. The molecular weight excluding hydrogens is 256 g/mol. The molecule has 0 atom stereocenters. The molecule has 0 saturated heterocycles. The second-order valence-corrected chi connectivity index (χ2v) is 7.79. The summed E-state index contributed by atoms with van der Waals surface area (Å²) in [6.45, 7) is 1.73. The fourth-order valence-corrected chi connectivity index (χ4v) is 5.16. The summed E-state index contributed by atoms with van der Waals surface area (Å²) in [5.74, 6) is 2.85. The number of ether oxygens (including phenoxy) is 1. The number of nitrogens with one attached hydrogen (secondary N) is 2. The zero-order valence-electron chi connectivity index (χ0n) is 12.2. The summed E-state index contributed by atoms with van der Waals surface area (Å²) >= 11 is 5.40. The SMILES string of the molecule is C[NH+](C)CCOC(=S)NC12CC3CC(CC(C3)C1)C2. The van der Waals surface area contributed by atoms with Crippen LogP contribution in [0.2, 0.25) is 0 Å². The van der Waals surface area contributed by atoms with Crippen LogP contribution in [-0.4, -0.2) is 38.0 Å². The van der Waals surface area contributed by atoms with E-state index < -0.39 is 0 Å². The Kier molecular flexibility index (Phi) is 3.73. The molecule has 4 bridgehead atoms. The van der Waals surface area contributed by atoms with Crippen molar-refractivity contribution in [2.24, 2.45) is 17.8 Å². The molecule has 0 spiro atoms. The van der Waals surface area contributed by atoms with Crippen molar-refractivity contribution in [3.8, 4) is 0 Å². The minimum atomic E-state index is 0.288. The maximum Gasteiger partial charge on any atom is 0.257 e. The number of thiocarbonyl (C=S) groups is 1. The van der Waals surface area contributed by atoms with Gasteiger partial charge in [0.1, 0.15) is 13.2 Å². The monoisotopic (exact) mass is 283 g/mol. The maximum absolute atomic E-state index is 5.69. The first-order chi connectivity index (χ1) is 9.05. The third-order valence-corrected chi connectivity index (χ3v) is 5.46. The van der Waals surface area contributed by atoms with E-state index in [1.54, 1.807) is 0 Å². The van der Waals surface area contributed by atoms with Gasteiger partial charge in [0.25, 0.3) is 5.17 Å². The second kappa shape index (κ2) is 5.21. The van der Waals surface area contributed by atoms with E-state index in [0.717, 1.165) is 30.9 Å². The molecule has 0 heterocycles. The zero-order chi connectivity index (χ0) is 13.5. The topological polar surface area (TPSA) is 25.7 Å². The second-order valence-electron chi connectivity index (χ2n) is 7.42. The van der Waals surface area contributed by atoms with Gasteiger partial charge in [-0.15, -0.1) is 0 Å². The molecule has 4 aliphatic carbocycles. The van der Waals surface area contributed by atoms with Gasteiger partial charge in [-0.05, 0) is 68.5 Å². The van der Waals surface area contributed by atoms with Crippen molar-refractivity contribution in [3.05, 3.63) is 0 Å². The predicted octanol–water partition coefficient (Wildman–Crippen LogP) is 0.991. The maximum atomic E-state index is 5.69. The lowest BCUT2D eigenvalue weighted by atomic mass is 9.53. The van der Waals surface area contributed by atoms with Crippen LogP contribution >= 0.6 is 12.2 Å². The molecule has 4 saturated carbocycles. The van der Waals surface area contributed by atoms with Crippen LogP contribution in [0.25, 0.3) is 0 Å². The number of hydrogen-bond acceptors (Lipinski definition) is 2. The quantitative estimate of drug-likeness (QED) is 0.753. The molecule has 2 N–H and O–H groups in total. The summed E-state index contributed by atoms with van der Waals surface area (Å²) in [7, 11) is 4.28. The highest BCUT2D eigenvalue weighted by atomic mass is 32.1. The molecule has 4 heteroatoms. The summed E-state index contributed by atoms with van der Waals surface area (Å²) in [4.78, 5) is 1.40. The zero-order valence-corrected chi connectivity index (χ0v) is 13.0. The number of rotatable bonds is 4. The Labute approximate surface area is 122 Å². The van der Waals surface area contributed by atoms with Gasteiger partial charge < -0.3 is 15.0 Å². The van der Waals surface area contributed by atoms with Crippen molar-refractivity contribution in [1.82, 2.24) is 5.32 Å². The van der Waals surface area contributed by atoms with Crippen molar-refractivity contribution >= 4 is 17.4 Å². The lowest BCUT2D eigenvalue weighted by Gasteiger charge is -2.57. The van der Waals surface area contributed by atoms with E-state index in [1.165, 1.54) is 43.4 Å². The number of quaternary nitrogens is 1. The largest absolute Gasteiger partial charge is 0.465 e. The lowest BCUT2D eigenvalue weighted by Crippen LogP contribution is -3.06. The van der Waals surface area contributed by atoms with Crippen LogP contribution in [0.5, 0.6) is 0 Å². The minimum absolute atomic E-state index is 0.288. The lowest BCUT2D eigenvalue weighted by molar-refractivity contribution is -0.858. The van der Waals surface area contributed by atoms with E-state index in [1.807, 2.05) is 0 Å². The van der Waals surface area contributed by atoms with Gasteiger partial charge in [-0.1, -0.05) is 0 Å². The molecule has 19 heavy (non-hydrogen) atoms. The van der Waals surface area contributed by atoms with Crippen LogP contribution in [-0.2, 0) is 4.74 Å². The molecule has 4 rings (SSSR count). The van der Waals surface area contributed by atoms with E-state index in [9.17, 15) is 0 Å². The first-order valence-electron chi connectivity index (χ1n) is 7.79. The minimum Gasteiger partial charge on any atom is -0.465 e. The number of likely N-dealkylation sites (N-methyl/N-ethyl adjacent to an activating group) is 1. The van der Waals surface area contributed by atoms with E-state index >= 15 is 0 Å². The first kappa shape index (κ1) is 13.6. The Morgan fingerprint density at radius 2 is 1.68 bits per heavy atom. The third-order valence-electron chi connectivity index (χ3n) is 5.24.